The molecule has 0 spiro atoms. The number of aryl methyl sites for hydroxylation is 1. The maximum absolute atomic E-state index is 12.2. The molecule has 1 aromatic carbocycles. The Bertz CT molecular complexity index is 1010. The van der Waals surface area contributed by atoms with Crippen molar-refractivity contribution in [2.45, 2.75) is 19.5 Å². The predicted molar refractivity (Wildman–Crippen MR) is 105 cm³/mol. The van der Waals surface area contributed by atoms with Crippen LogP contribution in [0, 0.1) is 0 Å². The van der Waals surface area contributed by atoms with Gasteiger partial charge in [-0.3, -0.25) is 14.2 Å². The molecule has 3 aromatic rings. The molecule has 0 saturated heterocycles. The number of aromatic carboxylic acids is 1. The molecular weight excluding hydrogens is 429 g/mol. The molecule has 0 saturated carbocycles. The van der Waals surface area contributed by atoms with Crippen LogP contribution in [-0.4, -0.2) is 36.5 Å². The first-order valence-corrected chi connectivity index (χ1v) is 9.19. The Morgan fingerprint density at radius 3 is 2.50 bits per heavy atom. The fourth-order valence-corrected chi connectivity index (χ4v) is 3.22. The third kappa shape index (κ3) is 4.64. The van der Waals surface area contributed by atoms with Crippen LogP contribution < -0.4 is 5.32 Å². The number of halogens is 3. The van der Waals surface area contributed by atoms with Gasteiger partial charge in [-0.15, -0.1) is 0 Å². The van der Waals surface area contributed by atoms with Crippen molar-refractivity contribution in [2.24, 2.45) is 0 Å². The normalized spacial score (nSPS) is 10.8. The SMILES string of the molecule is O=C(CCn1nccc1C(=O)O)Nc1nn(Cc2c(Cl)cccc2Cl)cc1Cl. The van der Waals surface area contributed by atoms with Crippen LogP contribution in [0.5, 0.6) is 0 Å². The third-order valence-electron chi connectivity index (χ3n) is 3.84. The lowest BCUT2D eigenvalue weighted by Crippen LogP contribution is -2.18. The average Bonchev–Trinajstić information content (AvgIpc) is 3.23. The highest BCUT2D eigenvalue weighted by Gasteiger charge is 2.15. The largest absolute Gasteiger partial charge is 0.477 e. The quantitative estimate of drug-likeness (QED) is 0.579. The van der Waals surface area contributed by atoms with Gasteiger partial charge in [0.25, 0.3) is 0 Å². The van der Waals surface area contributed by atoms with Crippen molar-refractivity contribution in [2.75, 3.05) is 5.32 Å². The standard InChI is InChI=1S/C17H14Cl3N5O3/c18-11-2-1-3-12(19)10(11)8-24-9-13(20)16(23-24)22-15(26)5-7-25-14(17(27)28)4-6-21-25/h1-4,6,9H,5,7-8H2,(H,27,28)(H,22,23,26). The Hall–Kier alpha value is -2.55. The van der Waals surface area contributed by atoms with Crippen molar-refractivity contribution >= 4 is 52.5 Å². The number of carboxylic acid groups (broad SMARTS) is 1. The minimum atomic E-state index is -1.11. The molecule has 3 rings (SSSR count). The van der Waals surface area contributed by atoms with E-state index in [9.17, 15) is 9.59 Å². The lowest BCUT2D eigenvalue weighted by Gasteiger charge is -2.07. The molecule has 0 fully saturated rings. The fourth-order valence-electron chi connectivity index (χ4n) is 2.50. The lowest BCUT2D eigenvalue weighted by atomic mass is 10.2. The highest BCUT2D eigenvalue weighted by atomic mass is 35.5. The van der Waals surface area contributed by atoms with Gasteiger partial charge in [-0.2, -0.15) is 10.2 Å². The summed E-state index contributed by atoms with van der Waals surface area (Å²) in [5, 5.41) is 21.0. The van der Waals surface area contributed by atoms with Gasteiger partial charge in [-0.25, -0.2) is 4.79 Å². The molecule has 2 aromatic heterocycles. The number of nitrogens with zero attached hydrogens (tertiary/aromatic N) is 4. The summed E-state index contributed by atoms with van der Waals surface area (Å²) in [6.07, 6.45) is 2.91. The molecule has 0 bridgehead atoms. The van der Waals surface area contributed by atoms with Crippen LogP contribution in [0.15, 0.2) is 36.7 Å². The van der Waals surface area contributed by atoms with Gasteiger partial charge < -0.3 is 10.4 Å². The Kier molecular flexibility index (Phi) is 6.23. The van der Waals surface area contributed by atoms with E-state index in [-0.39, 0.29) is 42.0 Å². The van der Waals surface area contributed by atoms with Crippen LogP contribution >= 0.6 is 34.8 Å². The van der Waals surface area contributed by atoms with Gasteiger partial charge in [0.05, 0.1) is 13.1 Å². The van der Waals surface area contributed by atoms with Crippen LogP contribution in [0.1, 0.15) is 22.5 Å². The molecule has 28 heavy (non-hydrogen) atoms. The second-order valence-corrected chi connectivity index (χ2v) is 6.99. The number of carboxylic acids is 1. The first-order valence-electron chi connectivity index (χ1n) is 8.06. The summed E-state index contributed by atoms with van der Waals surface area (Å²) in [5.74, 6) is -1.30. The Labute approximate surface area is 174 Å². The molecule has 2 N–H and O–H groups in total. The highest BCUT2D eigenvalue weighted by Crippen LogP contribution is 2.26. The van der Waals surface area contributed by atoms with E-state index < -0.39 is 5.97 Å². The summed E-state index contributed by atoms with van der Waals surface area (Å²) in [7, 11) is 0. The first-order chi connectivity index (χ1) is 13.3. The van der Waals surface area contributed by atoms with E-state index >= 15 is 0 Å². The van der Waals surface area contributed by atoms with E-state index in [1.54, 1.807) is 24.4 Å². The van der Waals surface area contributed by atoms with E-state index in [1.807, 2.05) is 0 Å². The zero-order valence-corrected chi connectivity index (χ0v) is 16.5. The zero-order valence-electron chi connectivity index (χ0n) is 14.3. The smallest absolute Gasteiger partial charge is 0.354 e. The number of amides is 1. The Morgan fingerprint density at radius 2 is 1.82 bits per heavy atom. The van der Waals surface area contributed by atoms with E-state index in [4.69, 9.17) is 39.9 Å². The summed E-state index contributed by atoms with van der Waals surface area (Å²) in [6.45, 7) is 0.386. The molecular formula is C17H14Cl3N5O3. The summed E-state index contributed by atoms with van der Waals surface area (Å²) in [5.41, 5.74) is 0.689. The average molecular weight is 443 g/mol. The summed E-state index contributed by atoms with van der Waals surface area (Å²) >= 11 is 18.5. The van der Waals surface area contributed by atoms with Crippen molar-refractivity contribution in [3.05, 3.63) is 63.0 Å². The van der Waals surface area contributed by atoms with Crippen LogP contribution in [0.2, 0.25) is 15.1 Å². The maximum Gasteiger partial charge on any atom is 0.354 e. The van der Waals surface area contributed by atoms with Gasteiger partial charge in [-0.05, 0) is 18.2 Å². The minimum absolute atomic E-state index is 0.00148. The molecule has 146 valence electrons. The number of rotatable bonds is 7. The van der Waals surface area contributed by atoms with E-state index in [1.165, 1.54) is 21.6 Å². The number of nitrogens with one attached hydrogen (secondary N) is 1. The fraction of sp³-hybridized carbons (Fsp3) is 0.176. The number of anilines is 1. The van der Waals surface area contributed by atoms with Gasteiger partial charge in [0.2, 0.25) is 5.91 Å². The second-order valence-electron chi connectivity index (χ2n) is 5.77. The monoisotopic (exact) mass is 441 g/mol. The molecule has 0 aliphatic carbocycles. The zero-order chi connectivity index (χ0) is 20.3. The van der Waals surface area contributed by atoms with E-state index in [0.29, 0.717) is 15.6 Å². The Balaban J connectivity index is 1.64. The maximum atomic E-state index is 12.2. The molecule has 1 amide bonds. The molecule has 0 radical (unpaired) electrons. The predicted octanol–water partition coefficient (Wildman–Crippen LogP) is 3.82. The number of aromatic nitrogens is 4. The number of carbonyl (C=O) groups is 2. The molecule has 2 heterocycles. The van der Waals surface area contributed by atoms with Gasteiger partial charge in [-0.1, -0.05) is 40.9 Å². The summed E-state index contributed by atoms with van der Waals surface area (Å²) in [6, 6.07) is 6.54. The van der Waals surface area contributed by atoms with Crippen molar-refractivity contribution < 1.29 is 14.7 Å². The topological polar surface area (TPSA) is 102 Å². The van der Waals surface area contributed by atoms with Crippen molar-refractivity contribution in [1.29, 1.82) is 0 Å². The molecule has 0 aliphatic heterocycles. The number of benzene rings is 1. The van der Waals surface area contributed by atoms with Crippen LogP contribution in [0.3, 0.4) is 0 Å². The molecule has 11 heteroatoms. The third-order valence-corrected chi connectivity index (χ3v) is 4.83. The van der Waals surface area contributed by atoms with Gasteiger partial charge in [0, 0.05) is 34.4 Å². The van der Waals surface area contributed by atoms with Gasteiger partial charge in [0.15, 0.2) is 5.82 Å². The minimum Gasteiger partial charge on any atom is -0.477 e. The van der Waals surface area contributed by atoms with E-state index in [0.717, 1.165) is 0 Å². The number of hydrogen-bond donors (Lipinski definition) is 2. The number of carbonyl (C=O) groups excluding carboxylic acids is 1. The highest BCUT2D eigenvalue weighted by molar-refractivity contribution is 6.36. The second kappa shape index (κ2) is 8.64. The van der Waals surface area contributed by atoms with Crippen LogP contribution in [0.25, 0.3) is 0 Å². The van der Waals surface area contributed by atoms with Crippen molar-refractivity contribution in [3.63, 3.8) is 0 Å². The van der Waals surface area contributed by atoms with Crippen LogP contribution in [-0.2, 0) is 17.9 Å². The van der Waals surface area contributed by atoms with E-state index in [2.05, 4.69) is 15.5 Å². The van der Waals surface area contributed by atoms with Gasteiger partial charge >= 0.3 is 5.97 Å². The summed E-state index contributed by atoms with van der Waals surface area (Å²) in [4.78, 5) is 23.2. The molecule has 0 atom stereocenters. The first kappa shape index (κ1) is 20.2. The van der Waals surface area contributed by atoms with Gasteiger partial charge in [0.1, 0.15) is 10.7 Å². The Morgan fingerprint density at radius 1 is 1.11 bits per heavy atom. The summed E-state index contributed by atoms with van der Waals surface area (Å²) < 4.78 is 2.75. The van der Waals surface area contributed by atoms with Crippen molar-refractivity contribution in [1.82, 2.24) is 19.6 Å². The lowest BCUT2D eigenvalue weighted by molar-refractivity contribution is -0.116. The van der Waals surface area contributed by atoms with Crippen LogP contribution in [0.4, 0.5) is 5.82 Å². The number of hydrogen-bond acceptors (Lipinski definition) is 4. The van der Waals surface area contributed by atoms with Crippen molar-refractivity contribution in [3.8, 4) is 0 Å². The molecule has 8 nitrogen and oxygen atoms in total. The molecule has 0 unspecified atom stereocenters. The molecule has 0 aliphatic rings.